The highest BCUT2D eigenvalue weighted by Gasteiger charge is 2.18. The van der Waals surface area contributed by atoms with Gasteiger partial charge in [-0.3, -0.25) is 0 Å². The first-order valence-electron chi connectivity index (χ1n) is 6.55. The number of para-hydroxylation sites is 1. The number of rotatable bonds is 4. The van der Waals surface area contributed by atoms with Crippen molar-refractivity contribution in [3.63, 3.8) is 0 Å². The minimum atomic E-state index is 0.459. The van der Waals surface area contributed by atoms with Crippen molar-refractivity contribution < 1.29 is 4.74 Å². The van der Waals surface area contributed by atoms with E-state index in [1.54, 1.807) is 0 Å². The molecule has 0 aliphatic heterocycles. The number of ether oxygens (including phenoxy) is 1. The quantitative estimate of drug-likeness (QED) is 0.892. The third-order valence-electron chi connectivity index (χ3n) is 3.57. The highest BCUT2D eigenvalue weighted by Crippen LogP contribution is 2.26. The predicted octanol–water partition coefficient (Wildman–Crippen LogP) is 3.35. The maximum atomic E-state index is 5.88. The maximum Gasteiger partial charge on any atom is 0.131 e. The molecular weight excluding hydrogens is 224 g/mol. The highest BCUT2D eigenvalue weighted by molar-refractivity contribution is 5.81. The molecule has 0 bridgehead atoms. The van der Waals surface area contributed by atoms with Gasteiger partial charge >= 0.3 is 0 Å². The Labute approximate surface area is 107 Å². The van der Waals surface area contributed by atoms with Gasteiger partial charge in [-0.1, -0.05) is 18.2 Å². The maximum absolute atomic E-state index is 5.88. The van der Waals surface area contributed by atoms with E-state index in [2.05, 4.69) is 22.4 Å². The summed E-state index contributed by atoms with van der Waals surface area (Å²) in [7, 11) is 1.91. The van der Waals surface area contributed by atoms with Crippen molar-refractivity contribution in [2.75, 3.05) is 12.4 Å². The third kappa shape index (κ3) is 2.18. The zero-order chi connectivity index (χ0) is 12.4. The fourth-order valence-corrected chi connectivity index (χ4v) is 2.23. The van der Waals surface area contributed by atoms with Crippen LogP contribution in [0, 0.1) is 0 Å². The van der Waals surface area contributed by atoms with Crippen molar-refractivity contribution in [1.82, 2.24) is 4.98 Å². The molecule has 1 saturated carbocycles. The molecule has 2 aromatic rings. The summed E-state index contributed by atoms with van der Waals surface area (Å²) in [4.78, 5) is 4.62. The van der Waals surface area contributed by atoms with Crippen LogP contribution in [0.25, 0.3) is 10.9 Å². The van der Waals surface area contributed by atoms with Crippen molar-refractivity contribution in [2.24, 2.45) is 0 Å². The van der Waals surface area contributed by atoms with Crippen LogP contribution in [-0.2, 0) is 11.3 Å². The van der Waals surface area contributed by atoms with E-state index in [9.17, 15) is 0 Å². The van der Waals surface area contributed by atoms with Crippen molar-refractivity contribution in [3.8, 4) is 0 Å². The number of hydrogen-bond acceptors (Lipinski definition) is 3. The molecule has 1 aliphatic carbocycles. The van der Waals surface area contributed by atoms with E-state index in [0.29, 0.717) is 12.7 Å². The van der Waals surface area contributed by atoms with Gasteiger partial charge in [-0.05, 0) is 31.4 Å². The van der Waals surface area contributed by atoms with E-state index < -0.39 is 0 Å². The number of nitrogens with zero attached hydrogens (tertiary/aromatic N) is 1. The lowest BCUT2D eigenvalue weighted by molar-refractivity contribution is -0.00846. The number of benzene rings is 1. The van der Waals surface area contributed by atoms with E-state index in [0.717, 1.165) is 16.9 Å². The fourth-order valence-electron chi connectivity index (χ4n) is 2.23. The second-order valence-corrected chi connectivity index (χ2v) is 4.80. The molecule has 0 spiro atoms. The van der Waals surface area contributed by atoms with Gasteiger partial charge in [-0.25, -0.2) is 4.98 Å². The summed E-state index contributed by atoms with van der Waals surface area (Å²) in [5.74, 6) is 0.924. The van der Waals surface area contributed by atoms with E-state index in [4.69, 9.17) is 4.74 Å². The van der Waals surface area contributed by atoms with Crippen LogP contribution in [0.5, 0.6) is 0 Å². The molecule has 1 fully saturated rings. The molecule has 3 heteroatoms. The molecule has 0 saturated heterocycles. The van der Waals surface area contributed by atoms with Crippen LogP contribution >= 0.6 is 0 Å². The van der Waals surface area contributed by atoms with Gasteiger partial charge in [0, 0.05) is 18.0 Å². The minimum absolute atomic E-state index is 0.459. The summed E-state index contributed by atoms with van der Waals surface area (Å²) in [6.45, 7) is 0.651. The van der Waals surface area contributed by atoms with Gasteiger partial charge in [0.2, 0.25) is 0 Å². The Bertz CT molecular complexity index is 549. The lowest BCUT2D eigenvalue weighted by atomic mass is 9.96. The van der Waals surface area contributed by atoms with E-state index >= 15 is 0 Å². The third-order valence-corrected chi connectivity index (χ3v) is 3.57. The van der Waals surface area contributed by atoms with Crippen LogP contribution in [0.2, 0.25) is 0 Å². The van der Waals surface area contributed by atoms with Gasteiger partial charge < -0.3 is 10.1 Å². The Morgan fingerprint density at radius 3 is 2.89 bits per heavy atom. The average molecular weight is 242 g/mol. The summed E-state index contributed by atoms with van der Waals surface area (Å²) in [5, 5.41) is 4.33. The summed E-state index contributed by atoms with van der Waals surface area (Å²) in [5.41, 5.74) is 2.16. The van der Waals surface area contributed by atoms with E-state index in [1.165, 1.54) is 24.6 Å². The molecule has 18 heavy (non-hydrogen) atoms. The van der Waals surface area contributed by atoms with Crippen LogP contribution in [0.1, 0.15) is 24.8 Å². The first-order valence-corrected chi connectivity index (χ1v) is 6.55. The first-order chi connectivity index (χ1) is 8.86. The van der Waals surface area contributed by atoms with Crippen LogP contribution < -0.4 is 5.32 Å². The lowest BCUT2D eigenvalue weighted by Crippen LogP contribution is -2.21. The molecule has 1 aromatic carbocycles. The monoisotopic (exact) mass is 242 g/mol. The van der Waals surface area contributed by atoms with Crippen molar-refractivity contribution in [3.05, 3.63) is 35.9 Å². The molecular formula is C15H18N2O. The molecule has 94 valence electrons. The predicted molar refractivity (Wildman–Crippen MR) is 73.7 cm³/mol. The number of pyridine rings is 1. The number of aromatic nitrogens is 1. The second kappa shape index (κ2) is 4.94. The van der Waals surface area contributed by atoms with Gasteiger partial charge in [0.05, 0.1) is 18.2 Å². The Hall–Kier alpha value is -1.61. The Balaban J connectivity index is 1.87. The van der Waals surface area contributed by atoms with Gasteiger partial charge in [-0.2, -0.15) is 0 Å². The second-order valence-electron chi connectivity index (χ2n) is 4.80. The zero-order valence-electron chi connectivity index (χ0n) is 10.6. The number of hydrogen-bond donors (Lipinski definition) is 1. The normalized spacial score (nSPS) is 15.6. The van der Waals surface area contributed by atoms with E-state index in [1.807, 2.05) is 25.2 Å². The molecule has 3 rings (SSSR count). The van der Waals surface area contributed by atoms with Gasteiger partial charge in [-0.15, -0.1) is 0 Å². The summed E-state index contributed by atoms with van der Waals surface area (Å²) >= 11 is 0. The number of nitrogens with one attached hydrogen (secondary N) is 1. The summed E-state index contributed by atoms with van der Waals surface area (Å²) < 4.78 is 5.88. The van der Waals surface area contributed by atoms with Crippen LogP contribution in [0.15, 0.2) is 30.3 Å². The topological polar surface area (TPSA) is 34.2 Å². The standard InChI is InChI=1S/C15H18N2O/c1-16-15-12(10-18-13-6-4-7-13)9-11-5-2-3-8-14(11)17-15/h2-3,5,8-9,13H,4,6-7,10H2,1H3,(H,16,17). The highest BCUT2D eigenvalue weighted by atomic mass is 16.5. The van der Waals surface area contributed by atoms with Gasteiger partial charge in [0.25, 0.3) is 0 Å². The van der Waals surface area contributed by atoms with Crippen LogP contribution in [0.4, 0.5) is 5.82 Å². The molecule has 3 nitrogen and oxygen atoms in total. The molecule has 1 N–H and O–H groups in total. The summed E-state index contributed by atoms with van der Waals surface area (Å²) in [6, 6.07) is 10.4. The van der Waals surface area contributed by atoms with Gasteiger partial charge in [0.1, 0.15) is 5.82 Å². The zero-order valence-corrected chi connectivity index (χ0v) is 10.6. The SMILES string of the molecule is CNc1nc2ccccc2cc1COC1CCC1. The molecule has 0 radical (unpaired) electrons. The number of fused-ring (bicyclic) bond motifs is 1. The Kier molecular flexibility index (Phi) is 3.15. The van der Waals surface area contributed by atoms with Crippen LogP contribution in [-0.4, -0.2) is 18.1 Å². The summed E-state index contributed by atoms with van der Waals surface area (Å²) in [6.07, 6.45) is 4.17. The average Bonchev–Trinajstić information content (AvgIpc) is 2.36. The van der Waals surface area contributed by atoms with Crippen LogP contribution in [0.3, 0.4) is 0 Å². The van der Waals surface area contributed by atoms with Gasteiger partial charge in [0.15, 0.2) is 0 Å². The largest absolute Gasteiger partial charge is 0.373 e. The molecule has 0 amide bonds. The fraction of sp³-hybridized carbons (Fsp3) is 0.400. The van der Waals surface area contributed by atoms with Crippen molar-refractivity contribution >= 4 is 16.7 Å². The van der Waals surface area contributed by atoms with Crippen molar-refractivity contribution in [2.45, 2.75) is 32.0 Å². The molecule has 1 aromatic heterocycles. The minimum Gasteiger partial charge on any atom is -0.373 e. The molecule has 0 unspecified atom stereocenters. The molecule has 0 atom stereocenters. The smallest absolute Gasteiger partial charge is 0.131 e. The van der Waals surface area contributed by atoms with E-state index in [-0.39, 0.29) is 0 Å². The Morgan fingerprint density at radius 2 is 2.17 bits per heavy atom. The lowest BCUT2D eigenvalue weighted by Gasteiger charge is -2.25. The van der Waals surface area contributed by atoms with Crippen molar-refractivity contribution in [1.29, 1.82) is 0 Å². The molecule has 1 heterocycles. The number of anilines is 1. The Morgan fingerprint density at radius 1 is 1.33 bits per heavy atom. The molecule has 1 aliphatic rings. The first kappa shape index (κ1) is 11.5.